The Morgan fingerprint density at radius 2 is 2.00 bits per heavy atom. The first-order valence-corrected chi connectivity index (χ1v) is 6.19. The van der Waals surface area contributed by atoms with Crippen LogP contribution in [0, 0.1) is 6.92 Å². The molecule has 3 rings (SSSR count). The third-order valence-corrected chi connectivity index (χ3v) is 3.32. The van der Waals surface area contributed by atoms with Gasteiger partial charge in [-0.1, -0.05) is 23.8 Å². The molecular weight excluding hydrogens is 236 g/mol. The standard InChI is InChI=1S/C15H16N4/c1-10-4-3-5-11(8-10)15-17-13-9-12(18-16)6-7-14(13)19(15)2/h3-9,18H,16H2,1-2H3. The molecule has 0 saturated carbocycles. The number of hydrogen-bond acceptors (Lipinski definition) is 3. The molecular formula is C15H16N4. The Morgan fingerprint density at radius 1 is 1.16 bits per heavy atom. The lowest BCUT2D eigenvalue weighted by Gasteiger charge is -2.03. The fourth-order valence-electron chi connectivity index (χ4n) is 2.33. The highest BCUT2D eigenvalue weighted by Crippen LogP contribution is 2.25. The van der Waals surface area contributed by atoms with Gasteiger partial charge in [0.2, 0.25) is 0 Å². The molecule has 0 aliphatic rings. The highest BCUT2D eigenvalue weighted by molar-refractivity contribution is 5.83. The first-order chi connectivity index (χ1) is 9.19. The van der Waals surface area contributed by atoms with E-state index in [2.05, 4.69) is 41.2 Å². The lowest BCUT2D eigenvalue weighted by Crippen LogP contribution is -2.06. The summed E-state index contributed by atoms with van der Waals surface area (Å²) in [6, 6.07) is 14.3. The summed E-state index contributed by atoms with van der Waals surface area (Å²) in [5.74, 6) is 6.40. The van der Waals surface area contributed by atoms with Crippen molar-refractivity contribution in [1.29, 1.82) is 0 Å². The highest BCUT2D eigenvalue weighted by atomic mass is 15.2. The average Bonchev–Trinajstić information content (AvgIpc) is 2.75. The molecule has 4 nitrogen and oxygen atoms in total. The molecule has 0 amide bonds. The zero-order valence-corrected chi connectivity index (χ0v) is 11.0. The summed E-state index contributed by atoms with van der Waals surface area (Å²) in [5, 5.41) is 0. The van der Waals surface area contributed by atoms with E-state index >= 15 is 0 Å². The summed E-state index contributed by atoms with van der Waals surface area (Å²) < 4.78 is 2.10. The number of nitrogens with one attached hydrogen (secondary N) is 1. The zero-order chi connectivity index (χ0) is 13.4. The Morgan fingerprint density at radius 3 is 2.74 bits per heavy atom. The highest BCUT2D eigenvalue weighted by Gasteiger charge is 2.10. The van der Waals surface area contributed by atoms with Crippen molar-refractivity contribution >= 4 is 16.7 Å². The maximum Gasteiger partial charge on any atom is 0.140 e. The maximum absolute atomic E-state index is 5.43. The van der Waals surface area contributed by atoms with Crippen LogP contribution >= 0.6 is 0 Å². The Balaban J connectivity index is 2.22. The van der Waals surface area contributed by atoms with Crippen LogP contribution in [0.25, 0.3) is 22.4 Å². The predicted molar refractivity (Wildman–Crippen MR) is 78.7 cm³/mol. The van der Waals surface area contributed by atoms with Gasteiger partial charge in [-0.25, -0.2) is 4.98 Å². The minimum atomic E-state index is 0.862. The minimum absolute atomic E-state index is 0.862. The van der Waals surface area contributed by atoms with Crippen molar-refractivity contribution < 1.29 is 0 Å². The average molecular weight is 252 g/mol. The van der Waals surface area contributed by atoms with Crippen LogP contribution in [0.5, 0.6) is 0 Å². The van der Waals surface area contributed by atoms with Gasteiger partial charge in [0, 0.05) is 12.6 Å². The fourth-order valence-corrected chi connectivity index (χ4v) is 2.33. The molecule has 4 heteroatoms. The Hall–Kier alpha value is -2.33. The van der Waals surface area contributed by atoms with E-state index in [0.29, 0.717) is 0 Å². The summed E-state index contributed by atoms with van der Waals surface area (Å²) in [6.45, 7) is 2.09. The van der Waals surface area contributed by atoms with Gasteiger partial charge in [0.25, 0.3) is 0 Å². The number of rotatable bonds is 2. The van der Waals surface area contributed by atoms with Crippen LogP contribution in [-0.2, 0) is 7.05 Å². The molecule has 96 valence electrons. The summed E-state index contributed by atoms with van der Waals surface area (Å²) in [6.07, 6.45) is 0. The first-order valence-electron chi connectivity index (χ1n) is 6.19. The number of benzene rings is 2. The fraction of sp³-hybridized carbons (Fsp3) is 0.133. The number of nitrogens with two attached hydrogens (primary N) is 1. The molecule has 0 bridgehead atoms. The van der Waals surface area contributed by atoms with Crippen molar-refractivity contribution in [3.05, 3.63) is 48.0 Å². The van der Waals surface area contributed by atoms with Crippen LogP contribution in [-0.4, -0.2) is 9.55 Å². The Bertz CT molecular complexity index is 743. The van der Waals surface area contributed by atoms with Crippen LogP contribution in [0.2, 0.25) is 0 Å². The van der Waals surface area contributed by atoms with Crippen molar-refractivity contribution in [2.24, 2.45) is 12.9 Å². The summed E-state index contributed by atoms with van der Waals surface area (Å²) in [7, 11) is 2.03. The van der Waals surface area contributed by atoms with E-state index in [1.807, 2.05) is 25.2 Å². The molecule has 3 N–H and O–H groups in total. The summed E-state index contributed by atoms with van der Waals surface area (Å²) in [5.41, 5.74) is 7.90. The van der Waals surface area contributed by atoms with Crippen molar-refractivity contribution in [2.75, 3.05) is 5.43 Å². The van der Waals surface area contributed by atoms with E-state index in [1.54, 1.807) is 0 Å². The SMILES string of the molecule is Cc1cccc(-c2nc3cc(NN)ccc3n2C)c1. The molecule has 0 radical (unpaired) electrons. The number of nitrogen functional groups attached to an aromatic ring is 1. The maximum atomic E-state index is 5.43. The van der Waals surface area contributed by atoms with E-state index in [1.165, 1.54) is 5.56 Å². The van der Waals surface area contributed by atoms with Gasteiger partial charge in [0.05, 0.1) is 16.7 Å². The quantitative estimate of drug-likeness (QED) is 0.544. The minimum Gasteiger partial charge on any atom is -0.327 e. The van der Waals surface area contributed by atoms with Gasteiger partial charge in [0.15, 0.2) is 0 Å². The van der Waals surface area contributed by atoms with E-state index in [-0.39, 0.29) is 0 Å². The number of aryl methyl sites for hydroxylation is 2. The van der Waals surface area contributed by atoms with Gasteiger partial charge in [-0.3, -0.25) is 5.84 Å². The van der Waals surface area contributed by atoms with E-state index < -0.39 is 0 Å². The van der Waals surface area contributed by atoms with Crippen molar-refractivity contribution in [3.8, 4) is 11.4 Å². The van der Waals surface area contributed by atoms with E-state index in [4.69, 9.17) is 10.8 Å². The molecule has 3 aromatic rings. The van der Waals surface area contributed by atoms with Crippen LogP contribution in [0.3, 0.4) is 0 Å². The number of hydrogen-bond donors (Lipinski definition) is 2. The smallest absolute Gasteiger partial charge is 0.140 e. The van der Waals surface area contributed by atoms with Gasteiger partial charge in [0.1, 0.15) is 5.82 Å². The normalized spacial score (nSPS) is 10.9. The summed E-state index contributed by atoms with van der Waals surface area (Å²) in [4.78, 5) is 4.70. The number of nitrogens with zero attached hydrogens (tertiary/aromatic N) is 2. The van der Waals surface area contributed by atoms with Gasteiger partial charge in [-0.2, -0.15) is 0 Å². The number of anilines is 1. The van der Waals surface area contributed by atoms with Crippen molar-refractivity contribution in [3.63, 3.8) is 0 Å². The van der Waals surface area contributed by atoms with Crippen LogP contribution in [0.1, 0.15) is 5.56 Å². The zero-order valence-electron chi connectivity index (χ0n) is 11.0. The number of aromatic nitrogens is 2. The monoisotopic (exact) mass is 252 g/mol. The molecule has 0 fully saturated rings. The number of imidazole rings is 1. The second-order valence-corrected chi connectivity index (χ2v) is 4.71. The third kappa shape index (κ3) is 1.96. The molecule has 0 aliphatic carbocycles. The molecule has 0 unspecified atom stereocenters. The van der Waals surface area contributed by atoms with Crippen LogP contribution in [0.15, 0.2) is 42.5 Å². The van der Waals surface area contributed by atoms with E-state index in [9.17, 15) is 0 Å². The Labute approximate surface area is 111 Å². The molecule has 0 atom stereocenters. The summed E-state index contributed by atoms with van der Waals surface area (Å²) >= 11 is 0. The van der Waals surface area contributed by atoms with Crippen molar-refractivity contribution in [1.82, 2.24) is 9.55 Å². The molecule has 0 aliphatic heterocycles. The van der Waals surface area contributed by atoms with Gasteiger partial charge >= 0.3 is 0 Å². The second-order valence-electron chi connectivity index (χ2n) is 4.71. The molecule has 19 heavy (non-hydrogen) atoms. The Kier molecular flexibility index (Phi) is 2.72. The van der Waals surface area contributed by atoms with Crippen molar-refractivity contribution in [2.45, 2.75) is 6.92 Å². The van der Waals surface area contributed by atoms with Crippen LogP contribution in [0.4, 0.5) is 5.69 Å². The largest absolute Gasteiger partial charge is 0.327 e. The first kappa shape index (κ1) is 11.7. The van der Waals surface area contributed by atoms with Gasteiger partial charge in [-0.05, 0) is 31.2 Å². The molecule has 0 saturated heterocycles. The lowest BCUT2D eigenvalue weighted by atomic mass is 10.1. The second kappa shape index (κ2) is 4.40. The van der Waals surface area contributed by atoms with Gasteiger partial charge in [-0.15, -0.1) is 0 Å². The topological polar surface area (TPSA) is 55.9 Å². The molecule has 0 spiro atoms. The van der Waals surface area contributed by atoms with Crippen LogP contribution < -0.4 is 11.3 Å². The predicted octanol–water partition coefficient (Wildman–Crippen LogP) is 2.83. The molecule has 1 heterocycles. The number of fused-ring (bicyclic) bond motifs is 1. The number of hydrazine groups is 1. The third-order valence-electron chi connectivity index (χ3n) is 3.32. The molecule has 2 aromatic carbocycles. The van der Waals surface area contributed by atoms with E-state index in [0.717, 1.165) is 28.1 Å². The van der Waals surface area contributed by atoms with Gasteiger partial charge < -0.3 is 9.99 Å². The lowest BCUT2D eigenvalue weighted by molar-refractivity contribution is 0.959. The molecule has 1 aromatic heterocycles.